The molecular weight excluding hydrogens is 388 g/mol. The normalized spacial score (nSPS) is 15.0. The summed E-state index contributed by atoms with van der Waals surface area (Å²) in [6.45, 7) is 9.55. The Morgan fingerprint density at radius 2 is 1.03 bits per heavy atom. The van der Waals surface area contributed by atoms with Gasteiger partial charge in [-0.1, -0.05) is 41.5 Å². The molecule has 29 heavy (non-hydrogen) atoms. The van der Waals surface area contributed by atoms with E-state index in [1.807, 2.05) is 41.5 Å². The Hall–Kier alpha value is -2.78. The Kier molecular flexibility index (Phi) is 8.05. The summed E-state index contributed by atoms with van der Waals surface area (Å²) in [5.74, 6) is -6.32. The molecular formula is C19H28O10. The molecule has 0 saturated carbocycles. The fourth-order valence-electron chi connectivity index (χ4n) is 2.01. The minimum Gasteiger partial charge on any atom is -0.439 e. The Labute approximate surface area is 169 Å². The second-order valence-corrected chi connectivity index (χ2v) is 8.73. The van der Waals surface area contributed by atoms with Crippen LogP contribution in [-0.2, 0) is 47.6 Å². The fourth-order valence-corrected chi connectivity index (χ4v) is 2.01. The van der Waals surface area contributed by atoms with Crippen LogP contribution in [0.2, 0.25) is 0 Å². The molecule has 10 nitrogen and oxygen atoms in total. The van der Waals surface area contributed by atoms with Crippen molar-refractivity contribution in [2.24, 2.45) is 10.8 Å². The van der Waals surface area contributed by atoms with Gasteiger partial charge in [-0.3, -0.25) is 9.59 Å². The van der Waals surface area contributed by atoms with Gasteiger partial charge < -0.3 is 28.4 Å². The van der Waals surface area contributed by atoms with E-state index in [-0.39, 0.29) is 23.7 Å². The third kappa shape index (κ3) is 8.41. The molecule has 0 aromatic rings. The van der Waals surface area contributed by atoms with E-state index in [2.05, 4.69) is 0 Å². The van der Waals surface area contributed by atoms with Gasteiger partial charge in [-0.05, 0) is 10.8 Å². The summed E-state index contributed by atoms with van der Waals surface area (Å²) in [7, 11) is 0. The van der Waals surface area contributed by atoms with Gasteiger partial charge in [0.2, 0.25) is 13.6 Å². The molecule has 0 saturated heterocycles. The second-order valence-electron chi connectivity index (χ2n) is 8.73. The van der Waals surface area contributed by atoms with E-state index in [9.17, 15) is 19.2 Å². The summed E-state index contributed by atoms with van der Waals surface area (Å²) in [5.41, 5.74) is -0.615. The van der Waals surface area contributed by atoms with Gasteiger partial charge in [0.15, 0.2) is 0 Å². The van der Waals surface area contributed by atoms with Crippen LogP contribution in [0.5, 0.6) is 0 Å². The number of hydrogen-bond acceptors (Lipinski definition) is 10. The zero-order valence-corrected chi connectivity index (χ0v) is 17.6. The van der Waals surface area contributed by atoms with E-state index >= 15 is 0 Å². The maximum Gasteiger partial charge on any atom is 0.452 e. The molecule has 0 aromatic heterocycles. The molecule has 0 amide bonds. The fraction of sp³-hybridized carbons (Fsp3) is 0.684. The molecule has 0 fully saturated rings. The third-order valence-electron chi connectivity index (χ3n) is 3.23. The zero-order valence-electron chi connectivity index (χ0n) is 17.6. The first-order valence-electron chi connectivity index (χ1n) is 8.91. The quantitative estimate of drug-likeness (QED) is 0.330. The highest BCUT2D eigenvalue weighted by Gasteiger charge is 2.57. The van der Waals surface area contributed by atoms with Crippen LogP contribution in [0.25, 0.3) is 0 Å². The van der Waals surface area contributed by atoms with Crippen molar-refractivity contribution in [3.05, 3.63) is 12.5 Å². The molecule has 0 radical (unpaired) electrons. The molecule has 1 heterocycles. The van der Waals surface area contributed by atoms with Crippen LogP contribution in [0.4, 0.5) is 0 Å². The summed E-state index contributed by atoms with van der Waals surface area (Å²) in [6.07, 6.45) is 2.10. The van der Waals surface area contributed by atoms with Crippen LogP contribution >= 0.6 is 0 Å². The monoisotopic (exact) mass is 416 g/mol. The lowest BCUT2D eigenvalue weighted by atomic mass is 9.92. The number of rotatable bonds is 8. The predicted octanol–water partition coefficient (Wildman–Crippen LogP) is 2.16. The number of ether oxygens (including phenoxy) is 6. The lowest BCUT2D eigenvalue weighted by Crippen LogP contribution is -2.50. The van der Waals surface area contributed by atoms with Gasteiger partial charge in [-0.25, -0.2) is 9.59 Å². The van der Waals surface area contributed by atoms with E-state index in [1.165, 1.54) is 0 Å². The van der Waals surface area contributed by atoms with Crippen LogP contribution < -0.4 is 0 Å². The number of hydrogen-bond donors (Lipinski definition) is 0. The maximum atomic E-state index is 12.2. The van der Waals surface area contributed by atoms with E-state index in [1.54, 1.807) is 0 Å². The Bertz CT molecular complexity index is 595. The highest BCUT2D eigenvalue weighted by atomic mass is 16.8. The van der Waals surface area contributed by atoms with Crippen LogP contribution in [-0.4, -0.2) is 43.3 Å². The molecule has 1 aliphatic rings. The van der Waals surface area contributed by atoms with Crippen LogP contribution in [0, 0.1) is 10.8 Å². The van der Waals surface area contributed by atoms with Gasteiger partial charge in [-0.15, -0.1) is 0 Å². The van der Waals surface area contributed by atoms with E-state index < -0.39 is 43.3 Å². The summed E-state index contributed by atoms with van der Waals surface area (Å²) in [5, 5.41) is 0. The van der Waals surface area contributed by atoms with Crippen molar-refractivity contribution in [1.82, 2.24) is 0 Å². The highest BCUT2D eigenvalue weighted by molar-refractivity contribution is 6.02. The third-order valence-corrected chi connectivity index (χ3v) is 3.23. The predicted molar refractivity (Wildman–Crippen MR) is 96.3 cm³/mol. The summed E-state index contributed by atoms with van der Waals surface area (Å²) < 4.78 is 28.9. The van der Waals surface area contributed by atoms with Gasteiger partial charge in [0, 0.05) is 0 Å². The lowest BCUT2D eigenvalue weighted by Gasteiger charge is -2.23. The standard InChI is InChI=1S/C19H28O10/c1-17(2,3)9-13(20)24-11-26-15(22)19(28-7-8-29-19)16(23)27-12-25-14(21)10-18(4,5)6/h7-8H,9-12H2,1-6H3. The number of carbonyl (C=O) groups is 4. The largest absolute Gasteiger partial charge is 0.452 e. The molecule has 1 aliphatic heterocycles. The van der Waals surface area contributed by atoms with E-state index in [0.717, 1.165) is 12.5 Å². The van der Waals surface area contributed by atoms with Crippen molar-refractivity contribution >= 4 is 23.9 Å². The van der Waals surface area contributed by atoms with Crippen molar-refractivity contribution in [3.63, 3.8) is 0 Å². The summed E-state index contributed by atoms with van der Waals surface area (Å²) >= 11 is 0. The summed E-state index contributed by atoms with van der Waals surface area (Å²) in [4.78, 5) is 47.8. The molecule has 0 aromatic carbocycles. The van der Waals surface area contributed by atoms with Crippen LogP contribution in [0.1, 0.15) is 54.4 Å². The molecule has 1 rings (SSSR count). The minimum atomic E-state index is -2.56. The maximum absolute atomic E-state index is 12.2. The van der Waals surface area contributed by atoms with Gasteiger partial charge in [-0.2, -0.15) is 0 Å². The van der Waals surface area contributed by atoms with Gasteiger partial charge >= 0.3 is 29.7 Å². The first-order chi connectivity index (χ1) is 13.3. The van der Waals surface area contributed by atoms with E-state index in [0.29, 0.717) is 0 Å². The van der Waals surface area contributed by atoms with E-state index in [4.69, 9.17) is 28.4 Å². The first-order valence-corrected chi connectivity index (χ1v) is 8.91. The number of carbonyl (C=O) groups excluding carboxylic acids is 4. The van der Waals surface area contributed by atoms with Crippen LogP contribution in [0.3, 0.4) is 0 Å². The molecule has 10 heteroatoms. The molecule has 0 aliphatic carbocycles. The summed E-state index contributed by atoms with van der Waals surface area (Å²) in [6, 6.07) is 0. The average Bonchev–Trinajstić information content (AvgIpc) is 3.02. The first kappa shape index (κ1) is 24.3. The van der Waals surface area contributed by atoms with Crippen molar-refractivity contribution in [2.45, 2.75) is 60.2 Å². The highest BCUT2D eigenvalue weighted by Crippen LogP contribution is 2.25. The molecule has 0 atom stereocenters. The molecule has 0 bridgehead atoms. The lowest BCUT2D eigenvalue weighted by molar-refractivity contribution is -0.227. The second kappa shape index (κ2) is 9.62. The minimum absolute atomic E-state index is 0.103. The smallest absolute Gasteiger partial charge is 0.439 e. The van der Waals surface area contributed by atoms with Crippen LogP contribution in [0.15, 0.2) is 12.5 Å². The zero-order chi connectivity index (χ0) is 22.3. The molecule has 164 valence electrons. The SMILES string of the molecule is CC(C)(C)CC(=O)OCOC(=O)C1(C(=O)OCOC(=O)CC(C)(C)C)OC=CO1. The number of esters is 4. The Balaban J connectivity index is 2.53. The van der Waals surface area contributed by atoms with Gasteiger partial charge in [0.1, 0.15) is 12.5 Å². The van der Waals surface area contributed by atoms with Crippen molar-refractivity contribution < 1.29 is 47.6 Å². The Morgan fingerprint density at radius 1 is 0.690 bits per heavy atom. The molecule has 0 N–H and O–H groups in total. The van der Waals surface area contributed by atoms with Crippen molar-refractivity contribution in [2.75, 3.05) is 13.6 Å². The average molecular weight is 416 g/mol. The molecule has 0 unspecified atom stereocenters. The van der Waals surface area contributed by atoms with Crippen molar-refractivity contribution in [3.8, 4) is 0 Å². The van der Waals surface area contributed by atoms with Gasteiger partial charge in [0.25, 0.3) is 0 Å². The van der Waals surface area contributed by atoms with Crippen molar-refractivity contribution in [1.29, 1.82) is 0 Å². The molecule has 0 spiro atoms. The van der Waals surface area contributed by atoms with Gasteiger partial charge in [0.05, 0.1) is 12.8 Å². The topological polar surface area (TPSA) is 124 Å². The Morgan fingerprint density at radius 3 is 1.34 bits per heavy atom.